The summed E-state index contributed by atoms with van der Waals surface area (Å²) in [6.07, 6.45) is 4.32. The molecule has 0 unspecified atom stereocenters. The summed E-state index contributed by atoms with van der Waals surface area (Å²) in [7, 11) is 1.61. The fraction of sp³-hybridized carbons (Fsp3) is 0.250. The maximum atomic E-state index is 13.2. The number of nitrogens with zero attached hydrogens (tertiary/aromatic N) is 2. The van der Waals surface area contributed by atoms with Gasteiger partial charge in [0.15, 0.2) is 0 Å². The van der Waals surface area contributed by atoms with E-state index in [1.165, 1.54) is 5.56 Å². The molecule has 0 bridgehead atoms. The molecule has 176 valence electrons. The highest BCUT2D eigenvalue weighted by molar-refractivity contribution is 6.32. The van der Waals surface area contributed by atoms with Crippen molar-refractivity contribution in [2.75, 3.05) is 39.8 Å². The van der Waals surface area contributed by atoms with E-state index in [-0.39, 0.29) is 12.5 Å². The van der Waals surface area contributed by atoms with Crippen LogP contribution in [0.2, 0.25) is 5.02 Å². The van der Waals surface area contributed by atoms with Gasteiger partial charge >= 0.3 is 0 Å². The number of rotatable bonds is 8. The second kappa shape index (κ2) is 11.7. The van der Waals surface area contributed by atoms with Gasteiger partial charge in [0.1, 0.15) is 18.1 Å². The van der Waals surface area contributed by atoms with Crippen LogP contribution in [0.5, 0.6) is 11.5 Å². The number of ether oxygens (including phenoxy) is 2. The van der Waals surface area contributed by atoms with E-state index in [1.807, 2.05) is 59.5 Å². The largest absolute Gasteiger partial charge is 0.496 e. The lowest BCUT2D eigenvalue weighted by Gasteiger charge is -2.34. The number of halogens is 1. The van der Waals surface area contributed by atoms with Gasteiger partial charge in [0.05, 0.1) is 12.1 Å². The van der Waals surface area contributed by atoms with Gasteiger partial charge in [0.25, 0.3) is 5.91 Å². The number of benzene rings is 3. The first-order valence-electron chi connectivity index (χ1n) is 11.4. The fourth-order valence-corrected chi connectivity index (χ4v) is 4.15. The van der Waals surface area contributed by atoms with Crippen LogP contribution >= 0.6 is 11.6 Å². The molecule has 1 fully saturated rings. The SMILES string of the molecule is COc1ccc(C(=O)N2CCN(C/C=C/c3ccccc3)CC2)cc1COc1ccccc1Cl. The summed E-state index contributed by atoms with van der Waals surface area (Å²) in [5.74, 6) is 1.31. The Morgan fingerprint density at radius 2 is 1.68 bits per heavy atom. The third-order valence-corrected chi connectivity index (χ3v) is 6.19. The molecule has 0 aromatic heterocycles. The standard InChI is InChI=1S/C28H29ClN2O3/c1-33-26-14-13-23(20-24(26)21-34-27-12-6-5-11-25(27)29)28(32)31-18-16-30(17-19-31)15-7-10-22-8-3-2-4-9-22/h2-14,20H,15-19,21H2,1H3/b10-7+. The number of hydrogen-bond donors (Lipinski definition) is 0. The molecule has 3 aromatic rings. The maximum Gasteiger partial charge on any atom is 0.253 e. The van der Waals surface area contributed by atoms with E-state index in [0.29, 0.717) is 35.2 Å². The van der Waals surface area contributed by atoms with Gasteiger partial charge in [-0.3, -0.25) is 9.69 Å². The smallest absolute Gasteiger partial charge is 0.253 e. The van der Waals surface area contributed by atoms with Crippen molar-refractivity contribution >= 4 is 23.6 Å². The third-order valence-electron chi connectivity index (χ3n) is 5.88. The molecule has 1 aliphatic heterocycles. The summed E-state index contributed by atoms with van der Waals surface area (Å²) in [4.78, 5) is 17.5. The van der Waals surface area contributed by atoms with E-state index in [1.54, 1.807) is 13.2 Å². The summed E-state index contributed by atoms with van der Waals surface area (Å²) in [5.41, 5.74) is 2.64. The van der Waals surface area contributed by atoms with Gasteiger partial charge in [-0.25, -0.2) is 0 Å². The van der Waals surface area contributed by atoms with Crippen LogP contribution in [0, 0.1) is 0 Å². The van der Waals surface area contributed by atoms with Crippen molar-refractivity contribution in [3.8, 4) is 11.5 Å². The third kappa shape index (κ3) is 6.19. The van der Waals surface area contributed by atoms with E-state index >= 15 is 0 Å². The molecule has 3 aromatic carbocycles. The lowest BCUT2D eigenvalue weighted by Crippen LogP contribution is -2.48. The quantitative estimate of drug-likeness (QED) is 0.436. The van der Waals surface area contributed by atoms with Gasteiger partial charge < -0.3 is 14.4 Å². The average Bonchev–Trinajstić information content (AvgIpc) is 2.88. The van der Waals surface area contributed by atoms with Crippen molar-refractivity contribution in [1.29, 1.82) is 0 Å². The lowest BCUT2D eigenvalue weighted by atomic mass is 10.1. The number of hydrogen-bond acceptors (Lipinski definition) is 4. The molecule has 0 aliphatic carbocycles. The molecular formula is C28H29ClN2O3. The Morgan fingerprint density at radius 1 is 0.941 bits per heavy atom. The summed E-state index contributed by atoms with van der Waals surface area (Å²) in [5, 5.41) is 0.546. The van der Waals surface area contributed by atoms with Gasteiger partial charge in [-0.15, -0.1) is 0 Å². The molecule has 6 heteroatoms. The van der Waals surface area contributed by atoms with Crippen LogP contribution in [0.25, 0.3) is 6.08 Å². The number of carbonyl (C=O) groups excluding carboxylic acids is 1. The molecule has 5 nitrogen and oxygen atoms in total. The second-order valence-corrected chi connectivity index (χ2v) is 8.56. The lowest BCUT2D eigenvalue weighted by molar-refractivity contribution is 0.0650. The Hall–Kier alpha value is -3.28. The van der Waals surface area contributed by atoms with Crippen LogP contribution in [0.1, 0.15) is 21.5 Å². The van der Waals surface area contributed by atoms with Crippen molar-refractivity contribution in [3.63, 3.8) is 0 Å². The molecule has 1 heterocycles. The monoisotopic (exact) mass is 476 g/mol. The Labute approximate surface area is 206 Å². The van der Waals surface area contributed by atoms with Crippen LogP contribution in [0.15, 0.2) is 78.9 Å². The molecule has 1 saturated heterocycles. The first-order chi connectivity index (χ1) is 16.6. The van der Waals surface area contributed by atoms with Crippen molar-refractivity contribution < 1.29 is 14.3 Å². The van der Waals surface area contributed by atoms with Gasteiger partial charge in [-0.1, -0.05) is 66.2 Å². The van der Waals surface area contributed by atoms with Crippen LogP contribution in [-0.2, 0) is 6.61 Å². The summed E-state index contributed by atoms with van der Waals surface area (Å²) < 4.78 is 11.4. The zero-order valence-corrected chi connectivity index (χ0v) is 20.1. The van der Waals surface area contributed by atoms with Crippen LogP contribution in [0.4, 0.5) is 0 Å². The highest BCUT2D eigenvalue weighted by Crippen LogP contribution is 2.27. The Kier molecular flexibility index (Phi) is 8.23. The summed E-state index contributed by atoms with van der Waals surface area (Å²) in [6, 6.07) is 23.1. The molecule has 0 saturated carbocycles. The predicted octanol–water partition coefficient (Wildman–Crippen LogP) is 5.40. The molecule has 0 atom stereocenters. The average molecular weight is 477 g/mol. The van der Waals surface area contributed by atoms with Crippen molar-refractivity contribution in [2.24, 2.45) is 0 Å². The second-order valence-electron chi connectivity index (χ2n) is 8.15. The minimum Gasteiger partial charge on any atom is -0.496 e. The molecule has 1 aliphatic rings. The molecular weight excluding hydrogens is 448 g/mol. The molecule has 0 spiro atoms. The van der Waals surface area contributed by atoms with Crippen LogP contribution in [-0.4, -0.2) is 55.5 Å². The summed E-state index contributed by atoms with van der Waals surface area (Å²) in [6.45, 7) is 4.25. The van der Waals surface area contributed by atoms with Crippen molar-refractivity contribution in [1.82, 2.24) is 9.80 Å². The first-order valence-corrected chi connectivity index (χ1v) is 11.8. The van der Waals surface area contributed by atoms with E-state index in [2.05, 4.69) is 29.2 Å². The van der Waals surface area contributed by atoms with Gasteiger partial charge in [0.2, 0.25) is 0 Å². The predicted molar refractivity (Wildman–Crippen MR) is 137 cm³/mol. The van der Waals surface area contributed by atoms with Crippen molar-refractivity contribution in [3.05, 3.63) is 101 Å². The maximum absolute atomic E-state index is 13.2. The minimum atomic E-state index is 0.0288. The minimum absolute atomic E-state index is 0.0288. The van der Waals surface area contributed by atoms with Crippen LogP contribution < -0.4 is 9.47 Å². The number of carbonyl (C=O) groups is 1. The Bertz CT molecular complexity index is 1130. The zero-order chi connectivity index (χ0) is 23.8. The van der Waals surface area contributed by atoms with Gasteiger partial charge in [0, 0.05) is 43.9 Å². The Balaban J connectivity index is 1.34. The van der Waals surface area contributed by atoms with Crippen LogP contribution in [0.3, 0.4) is 0 Å². The molecule has 0 N–H and O–H groups in total. The van der Waals surface area contributed by atoms with E-state index in [9.17, 15) is 4.79 Å². The number of para-hydroxylation sites is 1. The van der Waals surface area contributed by atoms with Gasteiger partial charge in [-0.05, 0) is 35.9 Å². The first kappa shape index (κ1) is 23.9. The molecule has 1 amide bonds. The highest BCUT2D eigenvalue weighted by atomic mass is 35.5. The molecule has 34 heavy (non-hydrogen) atoms. The summed E-state index contributed by atoms with van der Waals surface area (Å²) >= 11 is 6.20. The van der Waals surface area contributed by atoms with Crippen molar-refractivity contribution in [2.45, 2.75) is 6.61 Å². The molecule has 4 rings (SSSR count). The number of piperazine rings is 1. The normalized spacial score (nSPS) is 14.4. The number of amides is 1. The highest BCUT2D eigenvalue weighted by Gasteiger charge is 2.22. The zero-order valence-electron chi connectivity index (χ0n) is 19.3. The van der Waals surface area contributed by atoms with E-state index in [4.69, 9.17) is 21.1 Å². The van der Waals surface area contributed by atoms with E-state index < -0.39 is 0 Å². The molecule has 0 radical (unpaired) electrons. The topological polar surface area (TPSA) is 42.0 Å². The fourth-order valence-electron chi connectivity index (χ4n) is 3.96. The Morgan fingerprint density at radius 3 is 2.41 bits per heavy atom. The van der Waals surface area contributed by atoms with Gasteiger partial charge in [-0.2, -0.15) is 0 Å². The number of methoxy groups -OCH3 is 1. The van der Waals surface area contributed by atoms with E-state index in [0.717, 1.165) is 25.2 Å².